The van der Waals surface area contributed by atoms with Crippen LogP contribution in [0.2, 0.25) is 0 Å². The predicted octanol–water partition coefficient (Wildman–Crippen LogP) is 3.59. The highest BCUT2D eigenvalue weighted by molar-refractivity contribution is 5.81. The molecule has 0 saturated heterocycles. The second-order valence-corrected chi connectivity index (χ2v) is 12.1. The number of carboxylic acids is 1. The molecule has 0 bridgehead atoms. The average Bonchev–Trinajstić information content (AvgIpc) is 3.09. The zero-order valence-corrected chi connectivity index (χ0v) is 20.1. The largest absolute Gasteiger partial charge is 0.480 e. The van der Waals surface area contributed by atoms with Crippen LogP contribution in [0.4, 0.5) is 0 Å². The highest BCUT2D eigenvalue weighted by Gasteiger charge is 2.62. The van der Waals surface area contributed by atoms with E-state index in [-0.39, 0.29) is 35.5 Å². The Balaban J connectivity index is 1.44. The van der Waals surface area contributed by atoms with Gasteiger partial charge in [-0.05, 0) is 104 Å². The molecular formula is C26H43NO5. The zero-order valence-electron chi connectivity index (χ0n) is 20.1. The van der Waals surface area contributed by atoms with Crippen molar-refractivity contribution in [2.24, 2.45) is 46.3 Å². The second kappa shape index (κ2) is 8.90. The van der Waals surface area contributed by atoms with E-state index in [0.717, 1.165) is 44.9 Å². The molecule has 4 aliphatic rings. The van der Waals surface area contributed by atoms with Gasteiger partial charge in [0.25, 0.3) is 0 Å². The summed E-state index contributed by atoms with van der Waals surface area (Å²) in [5, 5.41) is 32.8. The monoisotopic (exact) mass is 449 g/mol. The maximum atomic E-state index is 12.0. The standard InChI is InChI=1S/C26H43NO5/c1-15(4-7-22(30)27-14-23(31)32)18-5-6-19-24-20(9-11-26(18,19)3)25(2)10-8-17(28)12-16(25)13-21(24)29/h15-21,24,28-29H,4-14H2,1-3H3,(H,27,30)(H,31,32)/t15?,16-,17+,18+,19-,20-,21+,24-,25-,26+/m0/s1. The van der Waals surface area contributed by atoms with Gasteiger partial charge in [-0.25, -0.2) is 0 Å². The quantitative estimate of drug-likeness (QED) is 0.496. The summed E-state index contributed by atoms with van der Waals surface area (Å²) in [6.07, 6.45) is 9.06. The Labute approximate surface area is 192 Å². The molecule has 0 aromatic rings. The van der Waals surface area contributed by atoms with Gasteiger partial charge in [0.05, 0.1) is 12.2 Å². The maximum Gasteiger partial charge on any atom is 0.322 e. The lowest BCUT2D eigenvalue weighted by Crippen LogP contribution is -2.58. The minimum atomic E-state index is -1.01. The van der Waals surface area contributed by atoms with Gasteiger partial charge in [-0.1, -0.05) is 20.8 Å². The van der Waals surface area contributed by atoms with Crippen LogP contribution < -0.4 is 5.32 Å². The summed E-state index contributed by atoms with van der Waals surface area (Å²) in [4.78, 5) is 22.7. The lowest BCUT2D eigenvalue weighted by Gasteiger charge is -2.62. The molecule has 4 rings (SSSR count). The summed E-state index contributed by atoms with van der Waals surface area (Å²) in [7, 11) is 0. The van der Waals surface area contributed by atoms with Crippen molar-refractivity contribution in [1.29, 1.82) is 0 Å². The molecule has 32 heavy (non-hydrogen) atoms. The van der Waals surface area contributed by atoms with Crippen molar-refractivity contribution < 1.29 is 24.9 Å². The molecular weight excluding hydrogens is 406 g/mol. The fraction of sp³-hybridized carbons (Fsp3) is 0.923. The highest BCUT2D eigenvalue weighted by atomic mass is 16.4. The van der Waals surface area contributed by atoms with E-state index in [4.69, 9.17) is 5.11 Å². The van der Waals surface area contributed by atoms with Crippen LogP contribution in [0.15, 0.2) is 0 Å². The van der Waals surface area contributed by atoms with E-state index in [0.29, 0.717) is 41.9 Å². The number of amides is 1. The summed E-state index contributed by atoms with van der Waals surface area (Å²) in [5.74, 6) is 1.66. The van der Waals surface area contributed by atoms with Crippen LogP contribution in [0.3, 0.4) is 0 Å². The number of aliphatic hydroxyl groups is 2. The Morgan fingerprint density at radius 3 is 2.41 bits per heavy atom. The molecule has 4 saturated carbocycles. The Morgan fingerprint density at radius 2 is 1.69 bits per heavy atom. The van der Waals surface area contributed by atoms with Gasteiger partial charge in [0.2, 0.25) is 5.91 Å². The first kappa shape index (κ1) is 24.0. The molecule has 0 heterocycles. The SMILES string of the molecule is CC(CCC(=O)NCC(=O)O)[C@H]1CC[C@H]2[C@@H]3[C@H](O)C[C@@H]4C[C@H](O)CC[C@]4(C)[C@H]3CC[C@]12C. The summed E-state index contributed by atoms with van der Waals surface area (Å²) in [6, 6.07) is 0. The fourth-order valence-corrected chi connectivity index (χ4v) is 9.00. The first-order valence-corrected chi connectivity index (χ1v) is 12.9. The van der Waals surface area contributed by atoms with Gasteiger partial charge >= 0.3 is 5.97 Å². The van der Waals surface area contributed by atoms with Crippen molar-refractivity contribution in [1.82, 2.24) is 5.32 Å². The summed E-state index contributed by atoms with van der Waals surface area (Å²) in [6.45, 7) is 6.83. The van der Waals surface area contributed by atoms with E-state index in [9.17, 15) is 19.8 Å². The van der Waals surface area contributed by atoms with Crippen molar-refractivity contribution >= 4 is 11.9 Å². The lowest BCUT2D eigenvalue weighted by molar-refractivity contribution is -0.174. The van der Waals surface area contributed by atoms with Gasteiger partial charge in [-0.15, -0.1) is 0 Å². The first-order valence-electron chi connectivity index (χ1n) is 12.9. The average molecular weight is 450 g/mol. The van der Waals surface area contributed by atoms with Crippen LogP contribution >= 0.6 is 0 Å². The van der Waals surface area contributed by atoms with Crippen molar-refractivity contribution in [3.63, 3.8) is 0 Å². The number of aliphatic carboxylic acids is 1. The normalized spacial score (nSPS) is 46.5. The van der Waals surface area contributed by atoms with Crippen LogP contribution in [-0.2, 0) is 9.59 Å². The number of hydrogen-bond donors (Lipinski definition) is 4. The van der Waals surface area contributed by atoms with E-state index in [1.165, 1.54) is 12.8 Å². The topological polar surface area (TPSA) is 107 Å². The smallest absolute Gasteiger partial charge is 0.322 e. The number of carbonyl (C=O) groups is 2. The second-order valence-electron chi connectivity index (χ2n) is 12.1. The Morgan fingerprint density at radius 1 is 1.00 bits per heavy atom. The summed E-state index contributed by atoms with van der Waals surface area (Å²) in [5.41, 5.74) is 0.451. The molecule has 4 fully saturated rings. The number of hydrogen-bond acceptors (Lipinski definition) is 4. The van der Waals surface area contributed by atoms with E-state index >= 15 is 0 Å². The first-order chi connectivity index (χ1) is 15.1. The van der Waals surface area contributed by atoms with Gasteiger partial charge in [-0.2, -0.15) is 0 Å². The lowest BCUT2D eigenvalue weighted by atomic mass is 9.43. The van der Waals surface area contributed by atoms with Crippen LogP contribution in [0.1, 0.15) is 85.0 Å². The molecule has 0 radical (unpaired) electrons. The third-order valence-corrected chi connectivity index (χ3v) is 10.7. The molecule has 1 amide bonds. The molecule has 0 aromatic heterocycles. The highest BCUT2D eigenvalue weighted by Crippen LogP contribution is 2.68. The van der Waals surface area contributed by atoms with Crippen molar-refractivity contribution in [3.05, 3.63) is 0 Å². The summed E-state index contributed by atoms with van der Waals surface area (Å²) >= 11 is 0. The molecule has 0 aliphatic heterocycles. The van der Waals surface area contributed by atoms with E-state index in [2.05, 4.69) is 26.1 Å². The fourth-order valence-electron chi connectivity index (χ4n) is 9.00. The number of rotatable bonds is 6. The molecule has 1 unspecified atom stereocenters. The Kier molecular flexibility index (Phi) is 6.68. The predicted molar refractivity (Wildman–Crippen MR) is 122 cm³/mol. The van der Waals surface area contributed by atoms with Gasteiger partial charge in [0.15, 0.2) is 0 Å². The minimum absolute atomic E-state index is 0.177. The molecule has 0 aromatic carbocycles. The number of carboxylic acid groups (broad SMARTS) is 1. The Bertz CT molecular complexity index is 727. The van der Waals surface area contributed by atoms with E-state index < -0.39 is 5.97 Å². The molecule has 4 aliphatic carbocycles. The van der Waals surface area contributed by atoms with Crippen LogP contribution in [0.25, 0.3) is 0 Å². The number of fused-ring (bicyclic) bond motifs is 5. The number of aliphatic hydroxyl groups excluding tert-OH is 2. The molecule has 182 valence electrons. The van der Waals surface area contributed by atoms with Gasteiger partial charge < -0.3 is 20.6 Å². The maximum absolute atomic E-state index is 12.0. The van der Waals surface area contributed by atoms with Crippen molar-refractivity contribution in [2.45, 2.75) is 97.2 Å². The van der Waals surface area contributed by atoms with E-state index in [1.807, 2.05) is 0 Å². The molecule has 6 nitrogen and oxygen atoms in total. The van der Waals surface area contributed by atoms with Crippen LogP contribution in [-0.4, -0.2) is 45.9 Å². The zero-order chi connectivity index (χ0) is 23.3. The van der Waals surface area contributed by atoms with Gasteiger partial charge in [0, 0.05) is 6.42 Å². The Hall–Kier alpha value is -1.14. The molecule has 4 N–H and O–H groups in total. The van der Waals surface area contributed by atoms with Crippen LogP contribution in [0.5, 0.6) is 0 Å². The van der Waals surface area contributed by atoms with Crippen molar-refractivity contribution in [2.75, 3.05) is 6.54 Å². The third-order valence-electron chi connectivity index (χ3n) is 10.7. The van der Waals surface area contributed by atoms with Gasteiger partial charge in [-0.3, -0.25) is 9.59 Å². The van der Waals surface area contributed by atoms with Gasteiger partial charge in [0.1, 0.15) is 6.54 Å². The van der Waals surface area contributed by atoms with Crippen molar-refractivity contribution in [3.8, 4) is 0 Å². The number of nitrogens with one attached hydrogen (secondary N) is 1. The molecule has 6 heteroatoms. The third kappa shape index (κ3) is 4.11. The summed E-state index contributed by atoms with van der Waals surface area (Å²) < 4.78 is 0. The molecule has 0 spiro atoms. The minimum Gasteiger partial charge on any atom is -0.480 e. The molecule has 10 atom stereocenters. The van der Waals surface area contributed by atoms with Crippen LogP contribution in [0, 0.1) is 46.3 Å². The van der Waals surface area contributed by atoms with E-state index in [1.54, 1.807) is 0 Å². The number of carbonyl (C=O) groups excluding carboxylic acids is 1.